The summed E-state index contributed by atoms with van der Waals surface area (Å²) in [6.45, 7) is 3.17. The number of aromatic nitrogens is 1. The minimum absolute atomic E-state index is 0.963. The van der Waals surface area contributed by atoms with Crippen LogP contribution in [-0.2, 0) is 13.0 Å². The predicted octanol–water partition coefficient (Wildman–Crippen LogP) is 2.58. The zero-order chi connectivity index (χ0) is 10.5. The van der Waals surface area contributed by atoms with Crippen LogP contribution in [0.3, 0.4) is 0 Å². The van der Waals surface area contributed by atoms with Crippen LogP contribution in [0.5, 0.6) is 0 Å². The summed E-state index contributed by atoms with van der Waals surface area (Å²) in [6, 6.07) is 14.8. The van der Waals surface area contributed by atoms with Gasteiger partial charge in [-0.1, -0.05) is 37.3 Å². The van der Waals surface area contributed by atoms with Crippen LogP contribution < -0.4 is 4.57 Å². The van der Waals surface area contributed by atoms with Gasteiger partial charge in [0.1, 0.15) is 0 Å². The fourth-order valence-electron chi connectivity index (χ4n) is 1.79. The third-order valence-corrected chi connectivity index (χ3v) is 2.63. The third-order valence-electron chi connectivity index (χ3n) is 2.63. The maximum absolute atomic E-state index is 2.21. The first-order chi connectivity index (χ1) is 7.40. The Labute approximate surface area is 91.0 Å². The van der Waals surface area contributed by atoms with E-state index in [1.165, 1.54) is 11.1 Å². The van der Waals surface area contributed by atoms with E-state index in [1.54, 1.807) is 0 Å². The van der Waals surface area contributed by atoms with Crippen molar-refractivity contribution >= 4 is 0 Å². The summed E-state index contributed by atoms with van der Waals surface area (Å²) in [7, 11) is 0. The highest BCUT2D eigenvalue weighted by atomic mass is 14.9. The standard InChI is InChI=1S/C14H16N/c1-2-13-8-4-5-9-14(13)12-15-10-6-3-7-11-15/h3-11H,2,12H2,1H3/q+1. The molecule has 0 aliphatic rings. The number of rotatable bonds is 3. The highest BCUT2D eigenvalue weighted by Crippen LogP contribution is 2.08. The molecule has 76 valence electrons. The number of benzene rings is 1. The van der Waals surface area contributed by atoms with E-state index >= 15 is 0 Å². The van der Waals surface area contributed by atoms with E-state index in [2.05, 4.69) is 60.3 Å². The van der Waals surface area contributed by atoms with Gasteiger partial charge in [-0.25, -0.2) is 4.57 Å². The number of pyridine rings is 1. The first kappa shape index (κ1) is 9.91. The van der Waals surface area contributed by atoms with Gasteiger partial charge < -0.3 is 0 Å². The highest BCUT2D eigenvalue weighted by Gasteiger charge is 2.04. The van der Waals surface area contributed by atoms with Crippen LogP contribution in [0.1, 0.15) is 18.1 Å². The van der Waals surface area contributed by atoms with E-state index in [-0.39, 0.29) is 0 Å². The highest BCUT2D eigenvalue weighted by molar-refractivity contribution is 5.26. The molecule has 0 saturated heterocycles. The zero-order valence-corrected chi connectivity index (χ0v) is 9.06. The van der Waals surface area contributed by atoms with Crippen molar-refractivity contribution in [2.45, 2.75) is 19.9 Å². The average molecular weight is 198 g/mol. The predicted molar refractivity (Wildman–Crippen MR) is 61.6 cm³/mol. The van der Waals surface area contributed by atoms with E-state index in [4.69, 9.17) is 0 Å². The van der Waals surface area contributed by atoms with E-state index in [0.717, 1.165) is 13.0 Å². The van der Waals surface area contributed by atoms with Gasteiger partial charge in [-0.3, -0.25) is 0 Å². The summed E-state index contributed by atoms with van der Waals surface area (Å²) in [4.78, 5) is 0. The largest absolute Gasteiger partial charge is 0.201 e. The monoisotopic (exact) mass is 198 g/mol. The second-order valence-corrected chi connectivity index (χ2v) is 3.67. The van der Waals surface area contributed by atoms with E-state index in [1.807, 2.05) is 6.07 Å². The Hall–Kier alpha value is -1.63. The molecule has 0 bridgehead atoms. The molecule has 2 aromatic rings. The van der Waals surface area contributed by atoms with Crippen LogP contribution >= 0.6 is 0 Å². The Morgan fingerprint density at radius 2 is 1.53 bits per heavy atom. The molecule has 0 atom stereocenters. The summed E-state index contributed by atoms with van der Waals surface area (Å²) >= 11 is 0. The van der Waals surface area contributed by atoms with Gasteiger partial charge in [-0.05, 0) is 12.0 Å². The van der Waals surface area contributed by atoms with Gasteiger partial charge in [0.15, 0.2) is 18.9 Å². The summed E-state index contributed by atoms with van der Waals surface area (Å²) in [5.41, 5.74) is 2.85. The summed E-state index contributed by atoms with van der Waals surface area (Å²) in [5, 5.41) is 0. The first-order valence-corrected chi connectivity index (χ1v) is 5.41. The van der Waals surface area contributed by atoms with Gasteiger partial charge in [0.2, 0.25) is 0 Å². The lowest BCUT2D eigenvalue weighted by Gasteiger charge is -2.03. The quantitative estimate of drug-likeness (QED) is 0.667. The number of nitrogens with zero attached hydrogens (tertiary/aromatic N) is 1. The van der Waals surface area contributed by atoms with Gasteiger partial charge in [0.05, 0.1) is 0 Å². The Bertz CT molecular complexity index is 420. The number of aryl methyl sites for hydroxylation is 1. The maximum Gasteiger partial charge on any atom is 0.174 e. The fraction of sp³-hybridized carbons (Fsp3) is 0.214. The maximum atomic E-state index is 2.21. The van der Waals surface area contributed by atoms with Crippen molar-refractivity contribution in [2.75, 3.05) is 0 Å². The lowest BCUT2D eigenvalue weighted by molar-refractivity contribution is -0.688. The molecule has 0 aliphatic heterocycles. The lowest BCUT2D eigenvalue weighted by Crippen LogP contribution is -2.33. The second kappa shape index (κ2) is 4.74. The van der Waals surface area contributed by atoms with Crippen LogP contribution in [-0.4, -0.2) is 0 Å². The molecule has 2 rings (SSSR count). The van der Waals surface area contributed by atoms with Crippen LogP contribution in [0.15, 0.2) is 54.9 Å². The fourth-order valence-corrected chi connectivity index (χ4v) is 1.79. The van der Waals surface area contributed by atoms with Crippen LogP contribution in [0.2, 0.25) is 0 Å². The van der Waals surface area contributed by atoms with Crippen molar-refractivity contribution in [1.29, 1.82) is 0 Å². The molecule has 0 unspecified atom stereocenters. The summed E-state index contributed by atoms with van der Waals surface area (Å²) < 4.78 is 2.20. The van der Waals surface area contributed by atoms with Crippen molar-refractivity contribution in [3.8, 4) is 0 Å². The summed E-state index contributed by atoms with van der Waals surface area (Å²) in [5.74, 6) is 0. The normalized spacial score (nSPS) is 10.2. The minimum atomic E-state index is 0.963. The Kier molecular flexibility index (Phi) is 3.13. The van der Waals surface area contributed by atoms with Crippen LogP contribution in [0, 0.1) is 0 Å². The minimum Gasteiger partial charge on any atom is -0.201 e. The molecule has 0 aliphatic carbocycles. The molecule has 0 amide bonds. The van der Waals surface area contributed by atoms with Gasteiger partial charge in [-0.2, -0.15) is 0 Å². The molecular formula is C14H16N+. The van der Waals surface area contributed by atoms with Crippen molar-refractivity contribution in [3.63, 3.8) is 0 Å². The Morgan fingerprint density at radius 3 is 2.20 bits per heavy atom. The van der Waals surface area contributed by atoms with Crippen molar-refractivity contribution in [1.82, 2.24) is 0 Å². The van der Waals surface area contributed by atoms with E-state index in [9.17, 15) is 0 Å². The molecule has 0 N–H and O–H groups in total. The van der Waals surface area contributed by atoms with Crippen LogP contribution in [0.4, 0.5) is 0 Å². The Balaban J connectivity index is 2.24. The smallest absolute Gasteiger partial charge is 0.174 e. The van der Waals surface area contributed by atoms with E-state index < -0.39 is 0 Å². The molecule has 1 aromatic heterocycles. The second-order valence-electron chi connectivity index (χ2n) is 3.67. The molecule has 0 saturated carbocycles. The first-order valence-electron chi connectivity index (χ1n) is 5.41. The third kappa shape index (κ3) is 2.44. The molecule has 0 spiro atoms. The van der Waals surface area contributed by atoms with Gasteiger partial charge in [-0.15, -0.1) is 0 Å². The SMILES string of the molecule is CCc1ccccc1C[n+]1ccccc1. The van der Waals surface area contributed by atoms with Crippen molar-refractivity contribution in [2.24, 2.45) is 0 Å². The molecule has 1 nitrogen and oxygen atoms in total. The van der Waals surface area contributed by atoms with Crippen molar-refractivity contribution < 1.29 is 4.57 Å². The molecule has 1 heteroatoms. The summed E-state index contributed by atoms with van der Waals surface area (Å²) in [6.07, 6.45) is 5.31. The van der Waals surface area contributed by atoms with Crippen molar-refractivity contribution in [3.05, 3.63) is 66.0 Å². The van der Waals surface area contributed by atoms with Gasteiger partial charge >= 0.3 is 0 Å². The molecule has 0 fully saturated rings. The zero-order valence-electron chi connectivity index (χ0n) is 9.06. The van der Waals surface area contributed by atoms with Gasteiger partial charge in [0.25, 0.3) is 0 Å². The molecule has 15 heavy (non-hydrogen) atoms. The molecule has 0 radical (unpaired) electrons. The van der Waals surface area contributed by atoms with Crippen LogP contribution in [0.25, 0.3) is 0 Å². The van der Waals surface area contributed by atoms with E-state index in [0.29, 0.717) is 0 Å². The topological polar surface area (TPSA) is 3.88 Å². The lowest BCUT2D eigenvalue weighted by atomic mass is 10.1. The molecule has 1 aromatic carbocycles. The number of hydrogen-bond acceptors (Lipinski definition) is 0. The number of hydrogen-bond donors (Lipinski definition) is 0. The van der Waals surface area contributed by atoms with Gasteiger partial charge in [0, 0.05) is 17.7 Å². The Morgan fingerprint density at radius 1 is 0.867 bits per heavy atom. The molecular weight excluding hydrogens is 182 g/mol. The average Bonchev–Trinajstić information content (AvgIpc) is 2.31. The molecule has 1 heterocycles.